The van der Waals surface area contributed by atoms with Crippen LogP contribution in [0.3, 0.4) is 0 Å². The second-order valence-corrected chi connectivity index (χ2v) is 7.66. The second-order valence-electron chi connectivity index (χ2n) is 7.66. The zero-order chi connectivity index (χ0) is 23.7. The largest absolute Gasteiger partial charge is 0.483 e. The van der Waals surface area contributed by atoms with Gasteiger partial charge in [-0.05, 0) is 58.8 Å². The Morgan fingerprint density at radius 2 is 1.36 bits per heavy atom. The fourth-order valence-electron chi connectivity index (χ4n) is 3.69. The lowest BCUT2D eigenvalue weighted by atomic mass is 10.0. The van der Waals surface area contributed by atoms with E-state index >= 15 is 0 Å². The van der Waals surface area contributed by atoms with E-state index in [1.165, 1.54) is 30.3 Å². The molecule has 0 unspecified atom stereocenters. The molecule has 0 saturated heterocycles. The van der Waals surface area contributed by atoms with Gasteiger partial charge < -0.3 is 4.74 Å². The Balaban J connectivity index is 1.58. The third-order valence-corrected chi connectivity index (χ3v) is 5.30. The van der Waals surface area contributed by atoms with Crippen molar-refractivity contribution in [1.82, 2.24) is 0 Å². The van der Waals surface area contributed by atoms with Crippen LogP contribution >= 0.6 is 0 Å². The number of aryl methyl sites for hydroxylation is 1. The molecular weight excluding hydrogens is 442 g/mol. The van der Waals surface area contributed by atoms with Gasteiger partial charge in [0.2, 0.25) is 0 Å². The lowest BCUT2D eigenvalue weighted by molar-refractivity contribution is 0.274. The van der Waals surface area contributed by atoms with E-state index in [0.717, 1.165) is 30.2 Å². The molecule has 1 nitrogen and oxygen atoms in total. The van der Waals surface area contributed by atoms with Crippen LogP contribution in [0.1, 0.15) is 24.5 Å². The third-order valence-electron chi connectivity index (χ3n) is 5.30. The standard InChI is InChI=1S/C26H18F6O/c1-2-3-14-4-6-18(20(27)9-14)17-11-22(29)26(23(30)12-17)33-13-15-5-7-19-16(8-15)10-21(28)25(32)24(19)31/h4-12H,2-3,13H2,1H3. The molecule has 0 bridgehead atoms. The highest BCUT2D eigenvalue weighted by molar-refractivity contribution is 5.84. The fraction of sp³-hybridized carbons (Fsp3) is 0.154. The Bertz CT molecular complexity index is 1330. The zero-order valence-electron chi connectivity index (χ0n) is 17.5. The van der Waals surface area contributed by atoms with Gasteiger partial charge in [-0.15, -0.1) is 0 Å². The molecule has 0 amide bonds. The Morgan fingerprint density at radius 3 is 2.03 bits per heavy atom. The molecule has 4 aromatic rings. The van der Waals surface area contributed by atoms with Crippen LogP contribution in [0.25, 0.3) is 21.9 Å². The molecule has 0 saturated carbocycles. The normalized spacial score (nSPS) is 11.2. The van der Waals surface area contributed by atoms with Crippen molar-refractivity contribution in [1.29, 1.82) is 0 Å². The fourth-order valence-corrected chi connectivity index (χ4v) is 3.69. The van der Waals surface area contributed by atoms with Crippen LogP contribution in [0.5, 0.6) is 5.75 Å². The molecule has 0 aliphatic rings. The first-order valence-corrected chi connectivity index (χ1v) is 10.2. The predicted molar refractivity (Wildman–Crippen MR) is 114 cm³/mol. The van der Waals surface area contributed by atoms with E-state index in [4.69, 9.17) is 4.74 Å². The minimum absolute atomic E-state index is 0.0246. The van der Waals surface area contributed by atoms with Gasteiger partial charge in [0.25, 0.3) is 0 Å². The number of fused-ring (bicyclic) bond motifs is 1. The van der Waals surface area contributed by atoms with E-state index < -0.39 is 40.7 Å². The van der Waals surface area contributed by atoms with Crippen molar-refractivity contribution >= 4 is 10.8 Å². The summed E-state index contributed by atoms with van der Waals surface area (Å²) in [5.41, 5.74) is 1.23. The van der Waals surface area contributed by atoms with Gasteiger partial charge in [-0.3, -0.25) is 0 Å². The van der Waals surface area contributed by atoms with E-state index in [1.54, 1.807) is 6.07 Å². The van der Waals surface area contributed by atoms with Crippen LogP contribution in [-0.2, 0) is 13.0 Å². The Morgan fingerprint density at radius 1 is 0.667 bits per heavy atom. The summed E-state index contributed by atoms with van der Waals surface area (Å²) in [5.74, 6) is -7.55. The molecule has 0 atom stereocenters. The molecule has 0 fully saturated rings. The molecule has 33 heavy (non-hydrogen) atoms. The number of halogens is 6. The summed E-state index contributed by atoms with van der Waals surface area (Å²) in [4.78, 5) is 0. The summed E-state index contributed by atoms with van der Waals surface area (Å²) in [6.07, 6.45) is 1.53. The van der Waals surface area contributed by atoms with Gasteiger partial charge in [-0.2, -0.15) is 0 Å². The average molecular weight is 460 g/mol. The predicted octanol–water partition coefficient (Wildman–Crippen LogP) is 7.87. The average Bonchev–Trinajstić information content (AvgIpc) is 2.77. The molecule has 4 rings (SSSR count). The SMILES string of the molecule is CCCc1ccc(-c2cc(F)c(OCc3ccc4c(F)c(F)c(F)cc4c3)c(F)c2)c(F)c1. The van der Waals surface area contributed by atoms with Gasteiger partial charge in [-0.25, -0.2) is 26.3 Å². The number of ether oxygens (including phenoxy) is 1. The summed E-state index contributed by atoms with van der Waals surface area (Å²) < 4.78 is 89.6. The highest BCUT2D eigenvalue weighted by Gasteiger charge is 2.17. The topological polar surface area (TPSA) is 9.23 Å². The Kier molecular flexibility index (Phi) is 6.31. The first-order valence-electron chi connectivity index (χ1n) is 10.2. The highest BCUT2D eigenvalue weighted by Crippen LogP contribution is 2.32. The maximum atomic E-state index is 14.6. The highest BCUT2D eigenvalue weighted by atomic mass is 19.2. The van der Waals surface area contributed by atoms with Crippen LogP contribution in [0, 0.1) is 34.9 Å². The van der Waals surface area contributed by atoms with Crippen molar-refractivity contribution in [2.45, 2.75) is 26.4 Å². The molecule has 0 spiro atoms. The van der Waals surface area contributed by atoms with E-state index in [2.05, 4.69) is 0 Å². The van der Waals surface area contributed by atoms with E-state index in [1.807, 2.05) is 6.92 Å². The number of rotatable bonds is 6. The zero-order valence-corrected chi connectivity index (χ0v) is 17.5. The van der Waals surface area contributed by atoms with Crippen molar-refractivity contribution in [3.05, 3.63) is 101 Å². The summed E-state index contributed by atoms with van der Waals surface area (Å²) in [6.45, 7) is 1.65. The van der Waals surface area contributed by atoms with Crippen molar-refractivity contribution in [3.63, 3.8) is 0 Å². The summed E-state index contributed by atoms with van der Waals surface area (Å²) in [6, 6.07) is 11.2. The molecular formula is C26H18F6O. The molecule has 0 radical (unpaired) electrons. The van der Waals surface area contributed by atoms with Crippen molar-refractivity contribution in [2.24, 2.45) is 0 Å². The summed E-state index contributed by atoms with van der Waals surface area (Å²) >= 11 is 0. The molecule has 0 aliphatic carbocycles. The first kappa shape index (κ1) is 22.7. The third kappa shape index (κ3) is 4.53. The van der Waals surface area contributed by atoms with Crippen LogP contribution < -0.4 is 4.74 Å². The maximum Gasteiger partial charge on any atom is 0.195 e. The molecule has 0 aromatic heterocycles. The van der Waals surface area contributed by atoms with Crippen molar-refractivity contribution in [2.75, 3.05) is 0 Å². The maximum absolute atomic E-state index is 14.6. The van der Waals surface area contributed by atoms with Gasteiger partial charge in [0.15, 0.2) is 34.8 Å². The second kappa shape index (κ2) is 9.17. The van der Waals surface area contributed by atoms with Crippen molar-refractivity contribution < 1.29 is 31.1 Å². The smallest absolute Gasteiger partial charge is 0.195 e. The summed E-state index contributed by atoms with van der Waals surface area (Å²) in [5, 5.41) is -0.0582. The minimum atomic E-state index is -1.58. The number of hydrogen-bond acceptors (Lipinski definition) is 1. The van der Waals surface area contributed by atoms with Gasteiger partial charge in [0.1, 0.15) is 12.4 Å². The molecule has 0 heterocycles. The molecule has 0 aliphatic heterocycles. The monoisotopic (exact) mass is 460 g/mol. The lowest BCUT2D eigenvalue weighted by Crippen LogP contribution is -2.01. The van der Waals surface area contributed by atoms with Crippen LogP contribution in [-0.4, -0.2) is 0 Å². The van der Waals surface area contributed by atoms with Gasteiger partial charge >= 0.3 is 0 Å². The minimum Gasteiger partial charge on any atom is -0.483 e. The molecule has 170 valence electrons. The van der Waals surface area contributed by atoms with Crippen LogP contribution in [0.2, 0.25) is 0 Å². The van der Waals surface area contributed by atoms with E-state index in [-0.39, 0.29) is 28.5 Å². The van der Waals surface area contributed by atoms with Gasteiger partial charge in [0, 0.05) is 10.9 Å². The van der Waals surface area contributed by atoms with Gasteiger partial charge in [-0.1, -0.05) is 37.6 Å². The van der Waals surface area contributed by atoms with Crippen molar-refractivity contribution in [3.8, 4) is 16.9 Å². The van der Waals surface area contributed by atoms with Gasteiger partial charge in [0.05, 0.1) is 0 Å². The number of hydrogen-bond donors (Lipinski definition) is 0. The Labute approximate surface area is 186 Å². The molecule has 7 heteroatoms. The number of benzene rings is 4. The van der Waals surface area contributed by atoms with E-state index in [0.29, 0.717) is 12.0 Å². The molecule has 0 N–H and O–H groups in total. The molecule has 4 aromatic carbocycles. The first-order chi connectivity index (χ1) is 15.8. The summed E-state index contributed by atoms with van der Waals surface area (Å²) in [7, 11) is 0. The van der Waals surface area contributed by atoms with E-state index in [9.17, 15) is 26.3 Å². The lowest BCUT2D eigenvalue weighted by Gasteiger charge is -2.12. The Hall–Kier alpha value is -3.48. The quantitative estimate of drug-likeness (QED) is 0.210. The van der Waals surface area contributed by atoms with Crippen LogP contribution in [0.4, 0.5) is 26.3 Å². The van der Waals surface area contributed by atoms with Crippen LogP contribution in [0.15, 0.2) is 54.6 Å².